The van der Waals surface area contributed by atoms with Gasteiger partial charge in [0.2, 0.25) is 0 Å². The van der Waals surface area contributed by atoms with Crippen LogP contribution >= 0.6 is 0 Å². The fourth-order valence-corrected chi connectivity index (χ4v) is 4.98. The Morgan fingerprint density at radius 1 is 0.792 bits per heavy atom. The second kappa shape index (κ2) is 6.51. The molecule has 3 aliphatic rings. The third kappa shape index (κ3) is 4.50. The van der Waals surface area contributed by atoms with E-state index in [1.807, 2.05) is 0 Å². The third-order valence-electron chi connectivity index (χ3n) is 5.21. The molecule has 0 unspecified atom stereocenters. The zero-order valence-electron chi connectivity index (χ0n) is 16.4. The second-order valence-electron chi connectivity index (χ2n) is 9.71. The van der Waals surface area contributed by atoms with Gasteiger partial charge < -0.3 is 14.2 Å². The fourth-order valence-electron chi connectivity index (χ4n) is 4.98. The van der Waals surface area contributed by atoms with Crippen LogP contribution in [0.5, 0.6) is 0 Å². The second-order valence-corrected chi connectivity index (χ2v) is 9.71. The normalized spacial score (nSPS) is 36.2. The van der Waals surface area contributed by atoms with Crippen molar-refractivity contribution in [3.63, 3.8) is 0 Å². The number of ether oxygens (including phenoxy) is 3. The lowest BCUT2D eigenvalue weighted by molar-refractivity contribution is -0.187. The minimum atomic E-state index is -0.0566. The van der Waals surface area contributed by atoms with Crippen LogP contribution in [0.1, 0.15) is 41.5 Å². The van der Waals surface area contributed by atoms with Crippen LogP contribution in [0.15, 0.2) is 0 Å². The average Bonchev–Trinajstić information content (AvgIpc) is 2.30. The monoisotopic (exact) mass is 340 g/mol. The Balaban J connectivity index is 1.62. The van der Waals surface area contributed by atoms with E-state index in [0.717, 1.165) is 52.5 Å². The first-order chi connectivity index (χ1) is 11.1. The zero-order chi connectivity index (χ0) is 17.6. The Morgan fingerprint density at radius 2 is 1.21 bits per heavy atom. The van der Waals surface area contributed by atoms with Gasteiger partial charge >= 0.3 is 0 Å². The Morgan fingerprint density at radius 3 is 1.50 bits per heavy atom. The molecule has 3 heterocycles. The number of rotatable bonds is 4. The van der Waals surface area contributed by atoms with E-state index in [9.17, 15) is 0 Å². The highest BCUT2D eigenvalue weighted by Crippen LogP contribution is 2.34. The van der Waals surface area contributed by atoms with Crippen LogP contribution in [-0.2, 0) is 14.2 Å². The van der Waals surface area contributed by atoms with Gasteiger partial charge in [-0.25, -0.2) is 0 Å². The molecule has 0 aromatic carbocycles. The summed E-state index contributed by atoms with van der Waals surface area (Å²) in [5.74, 6) is 0. The quantitative estimate of drug-likeness (QED) is 0.782. The Kier molecular flexibility index (Phi) is 5.04. The van der Waals surface area contributed by atoms with Crippen molar-refractivity contribution in [2.75, 3.05) is 52.5 Å². The molecule has 0 amide bonds. The molecule has 0 aromatic rings. The van der Waals surface area contributed by atoms with Crippen LogP contribution in [0.4, 0.5) is 0 Å². The van der Waals surface area contributed by atoms with Gasteiger partial charge in [0.15, 0.2) is 0 Å². The van der Waals surface area contributed by atoms with Crippen molar-refractivity contribution in [1.29, 1.82) is 0 Å². The van der Waals surface area contributed by atoms with Gasteiger partial charge in [0.1, 0.15) is 0 Å². The molecule has 3 fully saturated rings. The molecular formula is C19H36N2O3. The average molecular weight is 341 g/mol. The number of morpholine rings is 2. The first-order valence-electron chi connectivity index (χ1n) is 9.45. The molecule has 3 aliphatic heterocycles. The van der Waals surface area contributed by atoms with E-state index < -0.39 is 0 Å². The Bertz CT molecular complexity index is 412. The van der Waals surface area contributed by atoms with Crippen LogP contribution in [0.2, 0.25) is 0 Å². The molecule has 0 spiro atoms. The molecule has 0 radical (unpaired) electrons. The summed E-state index contributed by atoms with van der Waals surface area (Å²) in [6.45, 7) is 21.2. The lowest BCUT2D eigenvalue weighted by Crippen LogP contribution is -2.63. The summed E-state index contributed by atoms with van der Waals surface area (Å²) >= 11 is 0. The summed E-state index contributed by atoms with van der Waals surface area (Å²) in [6, 6.07) is 0. The van der Waals surface area contributed by atoms with Crippen molar-refractivity contribution in [2.24, 2.45) is 5.41 Å². The molecule has 0 aliphatic carbocycles. The fraction of sp³-hybridized carbons (Fsp3) is 1.00. The summed E-state index contributed by atoms with van der Waals surface area (Å²) < 4.78 is 17.8. The predicted octanol–water partition coefficient (Wildman–Crippen LogP) is 2.00. The van der Waals surface area contributed by atoms with Gasteiger partial charge in [-0.1, -0.05) is 0 Å². The molecule has 140 valence electrons. The first-order valence-corrected chi connectivity index (χ1v) is 9.45. The van der Waals surface area contributed by atoms with Gasteiger partial charge in [0.25, 0.3) is 0 Å². The maximum atomic E-state index is 6.06. The van der Waals surface area contributed by atoms with Crippen LogP contribution in [0.25, 0.3) is 0 Å². The van der Waals surface area contributed by atoms with E-state index in [1.54, 1.807) is 0 Å². The summed E-state index contributed by atoms with van der Waals surface area (Å²) in [6.07, 6.45) is 0.600. The minimum Gasteiger partial charge on any atom is -0.380 e. The van der Waals surface area contributed by atoms with Gasteiger partial charge in [-0.15, -0.1) is 0 Å². The van der Waals surface area contributed by atoms with Crippen molar-refractivity contribution >= 4 is 0 Å². The first kappa shape index (κ1) is 18.6. The number of nitrogens with zero attached hydrogens (tertiary/aromatic N) is 2. The SMILES string of the molecule is C[C@H]1CN(CC2(CN3C[C@H](C)OC(C)(C)C3)COC2)CC(C)(C)O1. The van der Waals surface area contributed by atoms with E-state index in [0.29, 0.717) is 12.2 Å². The van der Waals surface area contributed by atoms with Gasteiger partial charge in [-0.3, -0.25) is 9.80 Å². The highest BCUT2D eigenvalue weighted by atomic mass is 16.5. The minimum absolute atomic E-state index is 0.0566. The van der Waals surface area contributed by atoms with E-state index in [4.69, 9.17) is 14.2 Å². The van der Waals surface area contributed by atoms with Crippen molar-refractivity contribution in [3.05, 3.63) is 0 Å². The number of hydrogen-bond acceptors (Lipinski definition) is 5. The highest BCUT2D eigenvalue weighted by Gasteiger charge is 2.45. The van der Waals surface area contributed by atoms with E-state index >= 15 is 0 Å². The zero-order valence-corrected chi connectivity index (χ0v) is 16.4. The molecule has 0 aromatic heterocycles. The molecule has 3 saturated heterocycles. The van der Waals surface area contributed by atoms with Crippen molar-refractivity contribution in [3.8, 4) is 0 Å². The van der Waals surface area contributed by atoms with Gasteiger partial charge in [0.05, 0.1) is 36.6 Å². The molecule has 0 bridgehead atoms. The molecule has 5 heteroatoms. The Hall–Kier alpha value is -0.200. The molecule has 3 rings (SSSR count). The predicted molar refractivity (Wildman–Crippen MR) is 95.4 cm³/mol. The lowest BCUT2D eigenvalue weighted by atomic mass is 9.83. The van der Waals surface area contributed by atoms with Crippen molar-refractivity contribution in [2.45, 2.75) is 65.0 Å². The maximum absolute atomic E-state index is 6.06. The topological polar surface area (TPSA) is 34.2 Å². The van der Waals surface area contributed by atoms with Crippen molar-refractivity contribution in [1.82, 2.24) is 9.80 Å². The third-order valence-corrected chi connectivity index (χ3v) is 5.21. The molecule has 0 N–H and O–H groups in total. The molecule has 2 atom stereocenters. The summed E-state index contributed by atoms with van der Waals surface area (Å²) in [5.41, 5.74) is 0.151. The summed E-state index contributed by atoms with van der Waals surface area (Å²) in [5, 5.41) is 0. The molecule has 5 nitrogen and oxygen atoms in total. The molecule has 24 heavy (non-hydrogen) atoms. The van der Waals surface area contributed by atoms with E-state index in [-0.39, 0.29) is 16.6 Å². The summed E-state index contributed by atoms with van der Waals surface area (Å²) in [7, 11) is 0. The Labute approximate surface area is 147 Å². The summed E-state index contributed by atoms with van der Waals surface area (Å²) in [4.78, 5) is 5.18. The van der Waals surface area contributed by atoms with Gasteiger partial charge in [-0.2, -0.15) is 0 Å². The van der Waals surface area contributed by atoms with Crippen LogP contribution < -0.4 is 0 Å². The van der Waals surface area contributed by atoms with Gasteiger partial charge in [0, 0.05) is 44.7 Å². The van der Waals surface area contributed by atoms with Crippen molar-refractivity contribution < 1.29 is 14.2 Å². The maximum Gasteiger partial charge on any atom is 0.0757 e. The molecular weight excluding hydrogens is 304 g/mol. The standard InChI is InChI=1S/C19H36N2O3/c1-15-7-20(9-17(3,4)23-15)11-19(13-22-14-19)12-21-8-16(2)24-18(5,6)10-21/h15-16H,7-14H2,1-6H3/t15-,16-/m0/s1. The van der Waals surface area contributed by atoms with Crippen LogP contribution in [-0.4, -0.2) is 85.7 Å². The van der Waals surface area contributed by atoms with Crippen LogP contribution in [0.3, 0.4) is 0 Å². The van der Waals surface area contributed by atoms with E-state index in [2.05, 4.69) is 51.3 Å². The smallest absolute Gasteiger partial charge is 0.0757 e. The highest BCUT2D eigenvalue weighted by molar-refractivity contribution is 4.96. The molecule has 0 saturated carbocycles. The van der Waals surface area contributed by atoms with E-state index in [1.165, 1.54) is 0 Å². The largest absolute Gasteiger partial charge is 0.380 e. The number of hydrogen-bond donors (Lipinski definition) is 0. The van der Waals surface area contributed by atoms with Gasteiger partial charge in [-0.05, 0) is 41.5 Å². The lowest BCUT2D eigenvalue weighted by Gasteiger charge is -2.52. The van der Waals surface area contributed by atoms with Crippen LogP contribution in [0, 0.1) is 5.41 Å².